The van der Waals surface area contributed by atoms with Crippen LogP contribution in [-0.2, 0) is 14.4 Å². The third-order valence-corrected chi connectivity index (χ3v) is 0. The van der Waals surface area contributed by atoms with Crippen LogP contribution in [0.5, 0.6) is 0 Å². The van der Waals surface area contributed by atoms with Gasteiger partial charge in [-0.25, -0.2) is 0 Å². The van der Waals surface area contributed by atoms with Gasteiger partial charge in [-0.3, -0.25) is 8.92 Å². The Morgan fingerprint density at radius 2 is 1.40 bits per heavy atom. The zero-order valence-corrected chi connectivity index (χ0v) is 10.4. The standard InChI is InChI=1S/CH2O3.Ca.Na.O2Si.O/c2-1(3)4;;;1-3-2;/h(H2,2,3,4);;;;/q;+2;+1;;-2/p-1. The van der Waals surface area contributed by atoms with Crippen LogP contribution in [0.15, 0.2) is 0 Å². The maximum absolute atomic E-state index is 8.44. The molecule has 6 nitrogen and oxygen atoms in total. The average molecular weight is 200 g/mol. The van der Waals surface area contributed by atoms with E-state index in [9.17, 15) is 0 Å². The Morgan fingerprint density at radius 3 is 1.40 bits per heavy atom. The molecule has 0 saturated carbocycles. The molecular formula is CHCaNaO6Si. The molecule has 0 aliphatic rings. The van der Waals surface area contributed by atoms with E-state index in [0.717, 1.165) is 0 Å². The summed E-state index contributed by atoms with van der Waals surface area (Å²) in [6.07, 6.45) is -2.08. The van der Waals surface area contributed by atoms with Gasteiger partial charge < -0.3 is 20.5 Å². The summed E-state index contributed by atoms with van der Waals surface area (Å²) in [6.45, 7) is 0. The summed E-state index contributed by atoms with van der Waals surface area (Å²) in [4.78, 5) is 8.44. The fraction of sp³-hybridized carbons (Fsp3) is 0. The van der Waals surface area contributed by atoms with Crippen molar-refractivity contribution in [3.8, 4) is 0 Å². The van der Waals surface area contributed by atoms with Crippen LogP contribution in [0.2, 0.25) is 0 Å². The fourth-order valence-corrected chi connectivity index (χ4v) is 0. The summed E-state index contributed by atoms with van der Waals surface area (Å²) in [7, 11) is -1.42. The van der Waals surface area contributed by atoms with Gasteiger partial charge in [0.15, 0.2) is 0 Å². The normalized spacial score (nSPS) is 3.20. The topological polar surface area (TPSA) is 123 Å². The van der Waals surface area contributed by atoms with E-state index in [1.54, 1.807) is 0 Å². The van der Waals surface area contributed by atoms with Crippen LogP contribution in [-0.4, -0.2) is 58.3 Å². The summed E-state index contributed by atoms with van der Waals surface area (Å²) >= 11 is 0. The molecular weight excluding hydrogens is 199 g/mol. The van der Waals surface area contributed by atoms with Crippen LogP contribution in [0.1, 0.15) is 0 Å². The minimum atomic E-state index is -2.08. The first-order valence-electron chi connectivity index (χ1n) is 1.04. The maximum Gasteiger partial charge on any atom is 2.00 e. The van der Waals surface area contributed by atoms with Gasteiger partial charge in [0.1, 0.15) is 0 Å². The molecule has 0 radical (unpaired) electrons. The molecule has 0 heterocycles. The minimum Gasteiger partial charge on any atom is -2.00 e. The molecule has 48 valence electrons. The number of carbonyl (C=O) groups is 1. The molecule has 0 atom stereocenters. The first kappa shape index (κ1) is 30.2. The fourth-order valence-electron chi connectivity index (χ4n) is 0. The zero-order chi connectivity index (χ0) is 6.28. The molecule has 0 aliphatic carbocycles. The van der Waals surface area contributed by atoms with Gasteiger partial charge in [-0.05, 0) is 0 Å². The Balaban J connectivity index is -0.0000000131. The number of carboxylic acid groups (broad SMARTS) is 2. The molecule has 0 rings (SSSR count). The van der Waals surface area contributed by atoms with E-state index in [2.05, 4.69) is 0 Å². The Labute approximate surface area is 111 Å². The van der Waals surface area contributed by atoms with Crippen molar-refractivity contribution in [2.24, 2.45) is 0 Å². The Morgan fingerprint density at radius 1 is 1.40 bits per heavy atom. The van der Waals surface area contributed by atoms with Gasteiger partial charge in [-0.15, -0.1) is 0 Å². The van der Waals surface area contributed by atoms with Crippen molar-refractivity contribution in [3.05, 3.63) is 0 Å². The van der Waals surface area contributed by atoms with E-state index < -0.39 is 15.4 Å². The second-order valence-electron chi connectivity index (χ2n) is 0.349. The van der Waals surface area contributed by atoms with E-state index in [0.29, 0.717) is 0 Å². The van der Waals surface area contributed by atoms with Gasteiger partial charge >= 0.3 is 76.6 Å². The molecule has 0 saturated heterocycles. The molecule has 0 amide bonds. The van der Waals surface area contributed by atoms with Crippen LogP contribution >= 0.6 is 0 Å². The zero-order valence-electron chi connectivity index (χ0n) is 5.20. The summed E-state index contributed by atoms with van der Waals surface area (Å²) in [6, 6.07) is 0. The molecule has 0 spiro atoms. The molecule has 1 N–H and O–H groups in total. The first-order chi connectivity index (χ1) is 3.15. The van der Waals surface area contributed by atoms with Gasteiger partial charge in [0.2, 0.25) is 6.16 Å². The average Bonchev–Trinajstić information content (AvgIpc) is 1.33. The van der Waals surface area contributed by atoms with E-state index in [4.69, 9.17) is 23.9 Å². The van der Waals surface area contributed by atoms with Crippen molar-refractivity contribution >= 4 is 53.2 Å². The minimum absolute atomic E-state index is 0. The predicted molar refractivity (Wildman–Crippen MR) is 21.6 cm³/mol. The largest absolute Gasteiger partial charge is 2.00 e. The monoisotopic (exact) mass is 200 g/mol. The summed E-state index contributed by atoms with van der Waals surface area (Å²) in [5, 5.41) is 15.3. The summed E-state index contributed by atoms with van der Waals surface area (Å²) < 4.78 is 16.8. The van der Waals surface area contributed by atoms with Crippen molar-refractivity contribution in [3.63, 3.8) is 0 Å². The van der Waals surface area contributed by atoms with Gasteiger partial charge in [-0.2, -0.15) is 0 Å². The van der Waals surface area contributed by atoms with Crippen LogP contribution in [0, 0.1) is 0 Å². The summed E-state index contributed by atoms with van der Waals surface area (Å²) in [5.74, 6) is 0. The van der Waals surface area contributed by atoms with E-state index in [-0.39, 0.29) is 72.8 Å². The van der Waals surface area contributed by atoms with Crippen LogP contribution in [0.4, 0.5) is 4.79 Å². The SMILES string of the molecule is O=C([O-])O.O=[Si]=O.[Ca+2].[Na+].[O-2]. The number of hydrogen-bond donors (Lipinski definition) is 1. The van der Waals surface area contributed by atoms with Crippen molar-refractivity contribution in [1.82, 2.24) is 0 Å². The molecule has 0 aromatic carbocycles. The van der Waals surface area contributed by atoms with Gasteiger partial charge in [0.25, 0.3) is 0 Å². The molecule has 0 aromatic rings. The van der Waals surface area contributed by atoms with Crippen LogP contribution in [0.3, 0.4) is 0 Å². The van der Waals surface area contributed by atoms with Crippen molar-refractivity contribution < 1.29 is 59.0 Å². The smallest absolute Gasteiger partial charge is 2.00 e. The van der Waals surface area contributed by atoms with E-state index in [1.807, 2.05) is 0 Å². The Hall–Kier alpha value is 1.31. The third-order valence-electron chi connectivity index (χ3n) is 0. The van der Waals surface area contributed by atoms with E-state index >= 15 is 0 Å². The van der Waals surface area contributed by atoms with Gasteiger partial charge in [-0.1, -0.05) is 0 Å². The quantitative estimate of drug-likeness (QED) is 0.391. The summed E-state index contributed by atoms with van der Waals surface area (Å²) in [5.41, 5.74) is 0. The van der Waals surface area contributed by atoms with Gasteiger partial charge in [0, 0.05) is 0 Å². The van der Waals surface area contributed by atoms with E-state index in [1.165, 1.54) is 0 Å². The van der Waals surface area contributed by atoms with Crippen LogP contribution < -0.4 is 34.7 Å². The second kappa shape index (κ2) is 31.7. The first-order valence-corrected chi connectivity index (χ1v) is 1.86. The van der Waals surface area contributed by atoms with Crippen molar-refractivity contribution in [2.45, 2.75) is 0 Å². The molecule has 0 bridgehead atoms. The molecule has 9 heteroatoms. The molecule has 0 fully saturated rings. The van der Waals surface area contributed by atoms with Crippen molar-refractivity contribution in [1.29, 1.82) is 0 Å². The molecule has 0 aromatic heterocycles. The number of hydrogen-bond acceptors (Lipinski definition) is 4. The third kappa shape index (κ3) is 376. The second-order valence-corrected chi connectivity index (χ2v) is 0.516. The molecule has 0 aliphatic heterocycles. The molecule has 0 unspecified atom stereocenters. The Bertz CT molecular complexity index is 85.7. The Kier molecular flexibility index (Phi) is 95.7. The van der Waals surface area contributed by atoms with Gasteiger partial charge in [0.05, 0.1) is 0 Å². The van der Waals surface area contributed by atoms with Crippen LogP contribution in [0.25, 0.3) is 0 Å². The van der Waals surface area contributed by atoms with Crippen molar-refractivity contribution in [2.75, 3.05) is 0 Å². The maximum atomic E-state index is 8.44. The molecule has 10 heavy (non-hydrogen) atoms. The number of rotatable bonds is 0. The predicted octanol–water partition coefficient (Wildman–Crippen LogP) is -5.23.